The zero-order valence-corrected chi connectivity index (χ0v) is 10.5. The predicted octanol–water partition coefficient (Wildman–Crippen LogP) is 3.39. The maximum atomic E-state index is 5.87. The van der Waals surface area contributed by atoms with Gasteiger partial charge >= 0.3 is 0 Å². The third-order valence-corrected chi connectivity index (χ3v) is 3.62. The molecule has 0 amide bonds. The van der Waals surface area contributed by atoms with E-state index in [-0.39, 0.29) is 0 Å². The van der Waals surface area contributed by atoms with Crippen molar-refractivity contribution in [2.24, 2.45) is 0 Å². The molecular weight excluding hydrogens is 230 g/mol. The number of anilines is 1. The fourth-order valence-electron chi connectivity index (χ4n) is 1.52. The van der Waals surface area contributed by atoms with Gasteiger partial charge in [0.2, 0.25) is 5.28 Å². The van der Waals surface area contributed by atoms with Gasteiger partial charge in [0.1, 0.15) is 10.6 Å². The van der Waals surface area contributed by atoms with Crippen LogP contribution >= 0.6 is 22.9 Å². The Morgan fingerprint density at radius 1 is 1.33 bits per heavy atom. The van der Waals surface area contributed by atoms with Crippen LogP contribution in [0.4, 0.5) is 5.82 Å². The summed E-state index contributed by atoms with van der Waals surface area (Å²) in [6, 6.07) is 0. The molecule has 0 bridgehead atoms. The number of hydrogen-bond donors (Lipinski definition) is 1. The first-order chi connectivity index (χ1) is 7.13. The fourth-order valence-corrected chi connectivity index (χ4v) is 2.77. The van der Waals surface area contributed by atoms with Crippen LogP contribution < -0.4 is 5.32 Å². The van der Waals surface area contributed by atoms with Crippen molar-refractivity contribution in [3.8, 4) is 0 Å². The van der Waals surface area contributed by atoms with Gasteiger partial charge in [-0.1, -0.05) is 0 Å². The number of hydrogen-bond acceptors (Lipinski definition) is 4. The molecule has 0 radical (unpaired) electrons. The molecule has 0 saturated carbocycles. The fraction of sp³-hybridized carbons (Fsp3) is 0.400. The maximum Gasteiger partial charge on any atom is 0.225 e. The number of nitrogens with zero attached hydrogens (tertiary/aromatic N) is 2. The Hall–Kier alpha value is -0.870. The van der Waals surface area contributed by atoms with Crippen molar-refractivity contribution < 1.29 is 0 Å². The second kappa shape index (κ2) is 3.94. The Morgan fingerprint density at radius 3 is 2.73 bits per heavy atom. The van der Waals surface area contributed by atoms with Gasteiger partial charge in [0.15, 0.2) is 0 Å². The Morgan fingerprint density at radius 2 is 2.07 bits per heavy atom. The van der Waals surface area contributed by atoms with E-state index in [4.69, 9.17) is 11.6 Å². The summed E-state index contributed by atoms with van der Waals surface area (Å²) in [6.45, 7) is 7.05. The normalized spacial score (nSPS) is 10.9. The van der Waals surface area contributed by atoms with E-state index in [0.717, 1.165) is 22.6 Å². The summed E-state index contributed by atoms with van der Waals surface area (Å²) in [6.07, 6.45) is 0. The van der Waals surface area contributed by atoms with Crippen LogP contribution in [0.15, 0.2) is 0 Å². The lowest BCUT2D eigenvalue weighted by Gasteiger charge is -2.04. The molecule has 80 valence electrons. The minimum atomic E-state index is 0.305. The second-order valence-electron chi connectivity index (χ2n) is 3.33. The highest BCUT2D eigenvalue weighted by molar-refractivity contribution is 7.18. The van der Waals surface area contributed by atoms with Gasteiger partial charge in [0.05, 0.1) is 5.39 Å². The first kappa shape index (κ1) is 10.6. The molecule has 3 nitrogen and oxygen atoms in total. The lowest BCUT2D eigenvalue weighted by Crippen LogP contribution is -2.01. The Kier molecular flexibility index (Phi) is 2.80. The van der Waals surface area contributed by atoms with E-state index >= 15 is 0 Å². The van der Waals surface area contributed by atoms with Crippen LogP contribution in [0.3, 0.4) is 0 Å². The summed E-state index contributed by atoms with van der Waals surface area (Å²) >= 11 is 7.52. The highest BCUT2D eigenvalue weighted by atomic mass is 35.5. The molecule has 0 aliphatic heterocycles. The molecule has 5 heteroatoms. The van der Waals surface area contributed by atoms with Crippen LogP contribution in [-0.4, -0.2) is 16.5 Å². The smallest absolute Gasteiger partial charge is 0.225 e. The van der Waals surface area contributed by atoms with Gasteiger partial charge in [-0.15, -0.1) is 11.3 Å². The van der Waals surface area contributed by atoms with E-state index in [1.54, 1.807) is 11.3 Å². The molecule has 2 rings (SSSR count). The number of rotatable bonds is 2. The van der Waals surface area contributed by atoms with Gasteiger partial charge in [0.25, 0.3) is 0 Å². The van der Waals surface area contributed by atoms with Crippen LogP contribution in [0.1, 0.15) is 17.4 Å². The molecule has 0 aliphatic carbocycles. The number of thiophene rings is 1. The van der Waals surface area contributed by atoms with Crippen LogP contribution in [0.25, 0.3) is 10.2 Å². The minimum absolute atomic E-state index is 0.305. The van der Waals surface area contributed by atoms with Crippen molar-refractivity contribution in [2.45, 2.75) is 20.8 Å². The summed E-state index contributed by atoms with van der Waals surface area (Å²) in [5, 5.41) is 4.62. The Balaban J connectivity index is 2.75. The number of aryl methyl sites for hydroxylation is 2. The predicted molar refractivity (Wildman–Crippen MR) is 66.1 cm³/mol. The van der Waals surface area contributed by atoms with Crippen LogP contribution in [0.5, 0.6) is 0 Å². The molecule has 0 aliphatic rings. The number of fused-ring (bicyclic) bond motifs is 1. The summed E-state index contributed by atoms with van der Waals surface area (Å²) < 4.78 is 0. The second-order valence-corrected chi connectivity index (χ2v) is 4.88. The van der Waals surface area contributed by atoms with Crippen molar-refractivity contribution in [1.29, 1.82) is 0 Å². The lowest BCUT2D eigenvalue weighted by atomic mass is 10.2. The first-order valence-electron chi connectivity index (χ1n) is 4.80. The van der Waals surface area contributed by atoms with Crippen molar-refractivity contribution in [3.63, 3.8) is 0 Å². The van der Waals surface area contributed by atoms with Gasteiger partial charge in [-0.2, -0.15) is 0 Å². The van der Waals surface area contributed by atoms with Crippen molar-refractivity contribution in [1.82, 2.24) is 9.97 Å². The van der Waals surface area contributed by atoms with E-state index in [1.807, 2.05) is 6.92 Å². The molecule has 1 N–H and O–H groups in total. The van der Waals surface area contributed by atoms with Crippen molar-refractivity contribution in [2.75, 3.05) is 11.9 Å². The molecule has 0 fully saturated rings. The summed E-state index contributed by atoms with van der Waals surface area (Å²) in [5.74, 6) is 0.842. The zero-order chi connectivity index (χ0) is 11.0. The summed E-state index contributed by atoms with van der Waals surface area (Å²) in [5.41, 5.74) is 1.24. The van der Waals surface area contributed by atoms with E-state index in [1.165, 1.54) is 10.4 Å². The molecule has 2 heterocycles. The third kappa shape index (κ3) is 1.79. The molecule has 2 aromatic heterocycles. The molecule has 0 aromatic carbocycles. The van der Waals surface area contributed by atoms with Crippen molar-refractivity contribution in [3.05, 3.63) is 15.7 Å². The number of halogens is 1. The molecule has 0 unspecified atom stereocenters. The third-order valence-electron chi connectivity index (χ3n) is 2.35. The molecule has 0 atom stereocenters. The van der Waals surface area contributed by atoms with Crippen LogP contribution in [-0.2, 0) is 0 Å². The highest BCUT2D eigenvalue weighted by Crippen LogP contribution is 2.33. The van der Waals surface area contributed by atoms with Gasteiger partial charge in [-0.25, -0.2) is 9.97 Å². The van der Waals surface area contributed by atoms with Gasteiger partial charge in [-0.3, -0.25) is 0 Å². The molecular formula is C10H12ClN3S. The summed E-state index contributed by atoms with van der Waals surface area (Å²) in [7, 11) is 0. The van der Waals surface area contributed by atoms with E-state index < -0.39 is 0 Å². The van der Waals surface area contributed by atoms with E-state index in [9.17, 15) is 0 Å². The van der Waals surface area contributed by atoms with Gasteiger partial charge in [-0.05, 0) is 37.9 Å². The lowest BCUT2D eigenvalue weighted by molar-refractivity contribution is 1.14. The first-order valence-corrected chi connectivity index (χ1v) is 6.00. The molecule has 0 spiro atoms. The van der Waals surface area contributed by atoms with E-state index in [2.05, 4.69) is 29.1 Å². The Labute approximate surface area is 97.5 Å². The Bertz CT molecular complexity index is 507. The summed E-state index contributed by atoms with van der Waals surface area (Å²) in [4.78, 5) is 10.7. The van der Waals surface area contributed by atoms with Gasteiger partial charge < -0.3 is 5.32 Å². The standard InChI is InChI=1S/C10H12ClN3S/c1-4-12-8-7-5(2)6(3)15-9(7)14-10(11)13-8/h4H2,1-3H3,(H,12,13,14). The quantitative estimate of drug-likeness (QED) is 0.819. The largest absolute Gasteiger partial charge is 0.370 e. The average molecular weight is 242 g/mol. The zero-order valence-electron chi connectivity index (χ0n) is 8.89. The number of aromatic nitrogens is 2. The monoisotopic (exact) mass is 241 g/mol. The SMILES string of the molecule is CCNc1nc(Cl)nc2sc(C)c(C)c12. The van der Waals surface area contributed by atoms with Crippen molar-refractivity contribution >= 4 is 39.0 Å². The molecule has 15 heavy (non-hydrogen) atoms. The minimum Gasteiger partial charge on any atom is -0.370 e. The average Bonchev–Trinajstić information content (AvgIpc) is 2.42. The van der Waals surface area contributed by atoms with Crippen LogP contribution in [0, 0.1) is 13.8 Å². The topological polar surface area (TPSA) is 37.8 Å². The molecule has 0 saturated heterocycles. The maximum absolute atomic E-state index is 5.87. The highest BCUT2D eigenvalue weighted by Gasteiger charge is 2.12. The van der Waals surface area contributed by atoms with Gasteiger partial charge in [0, 0.05) is 11.4 Å². The number of nitrogens with one attached hydrogen (secondary N) is 1. The van der Waals surface area contributed by atoms with Crippen LogP contribution in [0.2, 0.25) is 5.28 Å². The molecule has 2 aromatic rings. The van der Waals surface area contributed by atoms with E-state index in [0.29, 0.717) is 5.28 Å².